The zero-order valence-electron chi connectivity index (χ0n) is 20.5. The highest BCUT2D eigenvalue weighted by molar-refractivity contribution is 7.90. The molecule has 1 amide bonds. The summed E-state index contributed by atoms with van der Waals surface area (Å²) in [5.74, 6) is -0.480. The minimum atomic E-state index is -3.55. The first-order valence-electron chi connectivity index (χ1n) is 12.3. The van der Waals surface area contributed by atoms with Crippen LogP contribution in [-0.4, -0.2) is 35.4 Å². The van der Waals surface area contributed by atoms with Gasteiger partial charge in [-0.2, -0.15) is 5.10 Å². The number of halogens is 1. The standard InChI is InChI=1S/C28H27FN4O3S/c1-28(2)26(31-37(35,36)23-13-14-23)25(18-6-4-3-5-7-18)32(27(28)34)22-12-15-24-19(16-22)17-30-33(24)21-10-8-20(29)9-11-21/h3-12,15-17,23,25-26,31H,13-14H2,1-2H3/t25-,26-/m0/s1. The van der Waals surface area contributed by atoms with E-state index >= 15 is 0 Å². The zero-order valence-corrected chi connectivity index (χ0v) is 21.3. The number of fused-ring (bicyclic) bond motifs is 1. The molecule has 1 saturated carbocycles. The fourth-order valence-corrected chi connectivity index (χ4v) is 6.93. The molecule has 190 valence electrons. The lowest BCUT2D eigenvalue weighted by atomic mass is 9.83. The quantitative estimate of drug-likeness (QED) is 0.400. The van der Waals surface area contributed by atoms with Gasteiger partial charge in [0.25, 0.3) is 0 Å². The lowest BCUT2D eigenvalue weighted by Gasteiger charge is -2.30. The number of hydrogen-bond donors (Lipinski definition) is 1. The van der Waals surface area contributed by atoms with Crippen LogP contribution in [-0.2, 0) is 14.8 Å². The highest BCUT2D eigenvalue weighted by Gasteiger charge is 2.56. The third kappa shape index (κ3) is 4.02. The summed E-state index contributed by atoms with van der Waals surface area (Å²) in [4.78, 5) is 15.6. The molecule has 4 aromatic rings. The molecular formula is C28H27FN4O3S. The molecule has 9 heteroatoms. The molecule has 1 aromatic heterocycles. The first kappa shape index (κ1) is 23.8. The lowest BCUT2D eigenvalue weighted by Crippen LogP contribution is -2.47. The van der Waals surface area contributed by atoms with Crippen LogP contribution in [0.15, 0.2) is 79.0 Å². The van der Waals surface area contributed by atoms with Gasteiger partial charge in [0.05, 0.1) is 40.1 Å². The van der Waals surface area contributed by atoms with E-state index in [9.17, 15) is 17.6 Å². The number of benzene rings is 3. The van der Waals surface area contributed by atoms with E-state index in [1.54, 1.807) is 41.8 Å². The molecule has 3 aromatic carbocycles. The summed E-state index contributed by atoms with van der Waals surface area (Å²) < 4.78 is 44.1. The molecule has 1 aliphatic carbocycles. The Morgan fingerprint density at radius 2 is 1.65 bits per heavy atom. The summed E-state index contributed by atoms with van der Waals surface area (Å²) in [6.07, 6.45) is 2.99. The van der Waals surface area contributed by atoms with E-state index in [0.717, 1.165) is 22.2 Å². The maximum absolute atomic E-state index is 13.9. The molecule has 0 spiro atoms. The van der Waals surface area contributed by atoms with Gasteiger partial charge in [-0.3, -0.25) is 4.79 Å². The van der Waals surface area contributed by atoms with Crippen LogP contribution in [0, 0.1) is 11.2 Å². The SMILES string of the molecule is CC1(C)C(=O)N(c2ccc3c(cnn3-c3ccc(F)cc3)c2)[C@@H](c2ccccc2)[C@@H]1NS(=O)(=O)C1CC1. The number of sulfonamides is 1. The highest BCUT2D eigenvalue weighted by atomic mass is 32.2. The van der Waals surface area contributed by atoms with Gasteiger partial charge in [0.2, 0.25) is 15.9 Å². The van der Waals surface area contributed by atoms with E-state index in [-0.39, 0.29) is 11.7 Å². The molecule has 2 atom stereocenters. The molecule has 1 aliphatic heterocycles. The second-order valence-corrected chi connectivity index (χ2v) is 12.4. The Balaban J connectivity index is 1.45. The van der Waals surface area contributed by atoms with Gasteiger partial charge >= 0.3 is 0 Å². The molecule has 0 bridgehead atoms. The van der Waals surface area contributed by atoms with Gasteiger partial charge in [-0.15, -0.1) is 0 Å². The molecule has 37 heavy (non-hydrogen) atoms. The number of anilines is 1. The largest absolute Gasteiger partial charge is 0.303 e. The summed E-state index contributed by atoms with van der Waals surface area (Å²) in [5.41, 5.74) is 2.07. The van der Waals surface area contributed by atoms with Gasteiger partial charge in [0.1, 0.15) is 5.82 Å². The maximum Gasteiger partial charge on any atom is 0.234 e. The van der Waals surface area contributed by atoms with Crippen molar-refractivity contribution < 1.29 is 17.6 Å². The van der Waals surface area contributed by atoms with Crippen LogP contribution >= 0.6 is 0 Å². The normalized spacial score (nSPS) is 21.6. The van der Waals surface area contributed by atoms with E-state index in [1.807, 2.05) is 48.5 Å². The molecule has 2 aliphatic rings. The summed E-state index contributed by atoms with van der Waals surface area (Å²) in [6, 6.07) is 20.1. The van der Waals surface area contributed by atoms with Crippen LogP contribution in [0.5, 0.6) is 0 Å². The van der Waals surface area contributed by atoms with Gasteiger partial charge in [0, 0.05) is 11.1 Å². The first-order chi connectivity index (χ1) is 17.7. The Labute approximate surface area is 215 Å². The third-order valence-electron chi connectivity index (χ3n) is 7.44. The van der Waals surface area contributed by atoms with E-state index < -0.39 is 32.8 Å². The monoisotopic (exact) mass is 518 g/mol. The Kier molecular flexibility index (Phi) is 5.47. The minimum absolute atomic E-state index is 0.157. The summed E-state index contributed by atoms with van der Waals surface area (Å²) in [7, 11) is -3.55. The van der Waals surface area contributed by atoms with Gasteiger partial charge < -0.3 is 4.90 Å². The van der Waals surface area contributed by atoms with Crippen LogP contribution in [0.4, 0.5) is 10.1 Å². The molecule has 2 fully saturated rings. The van der Waals surface area contributed by atoms with Crippen LogP contribution in [0.1, 0.15) is 38.3 Å². The summed E-state index contributed by atoms with van der Waals surface area (Å²) in [5, 5.41) is 4.89. The molecule has 2 heterocycles. The highest BCUT2D eigenvalue weighted by Crippen LogP contribution is 2.47. The van der Waals surface area contributed by atoms with Crippen molar-refractivity contribution in [3.63, 3.8) is 0 Å². The third-order valence-corrected chi connectivity index (χ3v) is 9.37. The van der Waals surface area contributed by atoms with Gasteiger partial charge in [-0.25, -0.2) is 22.2 Å². The molecular weight excluding hydrogens is 491 g/mol. The molecule has 7 nitrogen and oxygen atoms in total. The van der Waals surface area contributed by atoms with Crippen molar-refractivity contribution in [2.45, 2.75) is 44.0 Å². The predicted octanol–water partition coefficient (Wildman–Crippen LogP) is 4.73. The maximum atomic E-state index is 13.9. The number of rotatable bonds is 6. The number of aromatic nitrogens is 2. The van der Waals surface area contributed by atoms with Crippen LogP contribution < -0.4 is 9.62 Å². The van der Waals surface area contributed by atoms with Crippen molar-refractivity contribution in [2.24, 2.45) is 5.41 Å². The van der Waals surface area contributed by atoms with Crippen molar-refractivity contribution in [3.05, 3.63) is 90.4 Å². The number of nitrogens with zero attached hydrogens (tertiary/aromatic N) is 3. The second-order valence-electron chi connectivity index (χ2n) is 10.4. The lowest BCUT2D eigenvalue weighted by molar-refractivity contribution is -0.124. The molecule has 1 N–H and O–H groups in total. The van der Waals surface area contributed by atoms with E-state index in [2.05, 4.69) is 9.82 Å². The van der Waals surface area contributed by atoms with Gasteiger partial charge in [-0.1, -0.05) is 30.3 Å². The summed E-state index contributed by atoms with van der Waals surface area (Å²) in [6.45, 7) is 3.60. The van der Waals surface area contributed by atoms with Crippen molar-refractivity contribution in [1.29, 1.82) is 0 Å². The Morgan fingerprint density at radius 3 is 2.32 bits per heavy atom. The Bertz CT molecular complexity index is 1600. The fourth-order valence-electron chi connectivity index (χ4n) is 5.20. The molecule has 1 saturated heterocycles. The van der Waals surface area contributed by atoms with Crippen LogP contribution in [0.3, 0.4) is 0 Å². The first-order valence-corrected chi connectivity index (χ1v) is 13.8. The topological polar surface area (TPSA) is 84.3 Å². The number of hydrogen-bond acceptors (Lipinski definition) is 4. The van der Waals surface area contributed by atoms with Crippen molar-refractivity contribution >= 4 is 32.5 Å². The number of nitrogens with one attached hydrogen (secondary N) is 1. The molecule has 0 radical (unpaired) electrons. The zero-order chi connectivity index (χ0) is 25.9. The number of amides is 1. The Hall–Kier alpha value is -3.56. The fraction of sp³-hybridized carbons (Fsp3) is 0.286. The molecule has 6 rings (SSSR count). The molecule has 0 unspecified atom stereocenters. The number of carbonyl (C=O) groups is 1. The van der Waals surface area contributed by atoms with Crippen molar-refractivity contribution in [3.8, 4) is 5.69 Å². The van der Waals surface area contributed by atoms with Crippen molar-refractivity contribution in [1.82, 2.24) is 14.5 Å². The Morgan fingerprint density at radius 1 is 0.973 bits per heavy atom. The number of carbonyl (C=O) groups excluding carboxylic acids is 1. The van der Waals surface area contributed by atoms with Crippen LogP contribution in [0.2, 0.25) is 0 Å². The van der Waals surface area contributed by atoms with E-state index in [1.165, 1.54) is 12.1 Å². The van der Waals surface area contributed by atoms with E-state index in [0.29, 0.717) is 18.5 Å². The van der Waals surface area contributed by atoms with Crippen LogP contribution in [0.25, 0.3) is 16.6 Å². The van der Waals surface area contributed by atoms with E-state index in [4.69, 9.17) is 0 Å². The van der Waals surface area contributed by atoms with Gasteiger partial charge in [-0.05, 0) is 74.7 Å². The predicted molar refractivity (Wildman–Crippen MR) is 140 cm³/mol. The average molecular weight is 519 g/mol. The second kappa shape index (κ2) is 8.49. The van der Waals surface area contributed by atoms with Gasteiger partial charge in [0.15, 0.2) is 0 Å². The van der Waals surface area contributed by atoms with Crippen molar-refractivity contribution in [2.75, 3.05) is 4.90 Å². The average Bonchev–Trinajstić information content (AvgIpc) is 3.64. The summed E-state index contributed by atoms with van der Waals surface area (Å²) >= 11 is 0. The smallest absolute Gasteiger partial charge is 0.234 e. The minimum Gasteiger partial charge on any atom is -0.303 e.